The normalized spacial score (nSPS) is 10.2. The molecule has 0 fully saturated rings. The Morgan fingerprint density at radius 3 is 2.48 bits per heavy atom. The Morgan fingerprint density at radius 2 is 1.91 bits per heavy atom. The summed E-state index contributed by atoms with van der Waals surface area (Å²) in [6, 6.07) is 10.7. The van der Waals surface area contributed by atoms with Crippen LogP contribution in [0.2, 0.25) is 0 Å². The molecule has 1 aromatic carbocycles. The van der Waals surface area contributed by atoms with E-state index in [4.69, 9.17) is 4.74 Å². The number of amides is 2. The Bertz CT molecular complexity index is 685. The summed E-state index contributed by atoms with van der Waals surface area (Å²) in [5.74, 6) is -0.0720. The molecule has 5 nitrogen and oxygen atoms in total. The smallest absolute Gasteiger partial charge is 0.411 e. The largest absolute Gasteiger partial charge is 0.450 e. The number of nitrogens with zero attached hydrogens (tertiary/aromatic N) is 1. The lowest BCUT2D eigenvalue weighted by Crippen LogP contribution is -2.25. The van der Waals surface area contributed by atoms with Crippen LogP contribution < -0.4 is 5.32 Å². The van der Waals surface area contributed by atoms with Crippen LogP contribution in [0.5, 0.6) is 0 Å². The molecule has 23 heavy (non-hydrogen) atoms. The zero-order valence-corrected chi connectivity index (χ0v) is 15.2. The number of nitrogens with one attached hydrogen (secondary N) is 1. The third kappa shape index (κ3) is 5.07. The van der Waals surface area contributed by atoms with E-state index in [1.807, 2.05) is 12.1 Å². The Hall–Kier alpha value is -1.86. The molecule has 1 aromatic heterocycles. The lowest BCUT2D eigenvalue weighted by Gasteiger charge is -2.16. The van der Waals surface area contributed by atoms with Crippen molar-refractivity contribution >= 4 is 45.0 Å². The summed E-state index contributed by atoms with van der Waals surface area (Å²) in [6.45, 7) is 2.60. The molecule has 0 unspecified atom stereocenters. The van der Waals surface area contributed by atoms with E-state index < -0.39 is 6.09 Å². The number of ether oxygens (including phenoxy) is 1. The number of carbonyl (C=O) groups is 2. The van der Waals surface area contributed by atoms with Crippen LogP contribution in [0.4, 0.5) is 10.5 Å². The molecular weight excluding hydrogens is 380 g/mol. The van der Waals surface area contributed by atoms with Crippen LogP contribution in [0.1, 0.15) is 22.2 Å². The van der Waals surface area contributed by atoms with Crippen LogP contribution in [0.25, 0.3) is 0 Å². The van der Waals surface area contributed by atoms with Crippen LogP contribution >= 0.6 is 27.3 Å². The summed E-state index contributed by atoms with van der Waals surface area (Å²) in [4.78, 5) is 26.5. The highest BCUT2D eigenvalue weighted by Crippen LogP contribution is 2.23. The predicted molar refractivity (Wildman–Crippen MR) is 94.9 cm³/mol. The van der Waals surface area contributed by atoms with E-state index in [9.17, 15) is 9.59 Å². The molecular formula is C16H17BrN2O3S. The van der Waals surface area contributed by atoms with Crippen LogP contribution in [0, 0.1) is 0 Å². The van der Waals surface area contributed by atoms with Crippen molar-refractivity contribution in [1.29, 1.82) is 0 Å². The molecule has 7 heteroatoms. The first-order valence-electron chi connectivity index (χ1n) is 7.03. The average molecular weight is 397 g/mol. The monoisotopic (exact) mass is 396 g/mol. The zero-order chi connectivity index (χ0) is 16.8. The summed E-state index contributed by atoms with van der Waals surface area (Å²) in [5, 5.41) is 2.59. The Labute approximate surface area is 147 Å². The Balaban J connectivity index is 1.97. The van der Waals surface area contributed by atoms with E-state index in [0.717, 1.165) is 8.66 Å². The van der Waals surface area contributed by atoms with Gasteiger partial charge in [-0.2, -0.15) is 0 Å². The third-order valence-corrected chi connectivity index (χ3v) is 4.63. The van der Waals surface area contributed by atoms with Crippen LogP contribution in [0.15, 0.2) is 40.2 Å². The van der Waals surface area contributed by atoms with Crippen molar-refractivity contribution in [3.8, 4) is 0 Å². The molecule has 0 saturated heterocycles. The molecule has 122 valence electrons. The second-order valence-corrected chi connectivity index (χ2v) is 7.34. The van der Waals surface area contributed by atoms with E-state index in [2.05, 4.69) is 21.2 Å². The lowest BCUT2D eigenvalue weighted by molar-refractivity contribution is 0.0786. The summed E-state index contributed by atoms with van der Waals surface area (Å²) in [6.07, 6.45) is -0.507. The predicted octanol–water partition coefficient (Wildman–Crippen LogP) is 4.35. The molecule has 0 aliphatic carbocycles. The highest BCUT2D eigenvalue weighted by molar-refractivity contribution is 9.11. The van der Waals surface area contributed by atoms with Crippen molar-refractivity contribution in [3.05, 3.63) is 50.6 Å². The van der Waals surface area contributed by atoms with Gasteiger partial charge in [0.25, 0.3) is 5.91 Å². The first kappa shape index (κ1) is 17.5. The Kier molecular flexibility index (Phi) is 6.18. The van der Waals surface area contributed by atoms with Gasteiger partial charge in [-0.15, -0.1) is 11.3 Å². The molecule has 1 heterocycles. The van der Waals surface area contributed by atoms with Gasteiger partial charge in [-0.1, -0.05) is 0 Å². The minimum atomic E-state index is -0.507. The molecule has 0 spiro atoms. The van der Waals surface area contributed by atoms with E-state index in [0.29, 0.717) is 24.4 Å². The molecule has 2 rings (SSSR count). The molecule has 1 N–H and O–H groups in total. The third-order valence-electron chi connectivity index (χ3n) is 3.02. The van der Waals surface area contributed by atoms with Crippen LogP contribution in [0.3, 0.4) is 0 Å². The number of thiophene rings is 1. The molecule has 2 amide bonds. The highest BCUT2D eigenvalue weighted by atomic mass is 79.9. The van der Waals surface area contributed by atoms with Crippen molar-refractivity contribution in [3.63, 3.8) is 0 Å². The first-order valence-corrected chi connectivity index (χ1v) is 8.64. The van der Waals surface area contributed by atoms with Crippen molar-refractivity contribution in [2.75, 3.05) is 19.0 Å². The van der Waals surface area contributed by atoms with E-state index >= 15 is 0 Å². The minimum absolute atomic E-state index is 0.0720. The molecule has 0 atom stereocenters. The van der Waals surface area contributed by atoms with Gasteiger partial charge in [0.05, 0.1) is 16.9 Å². The number of hydrogen-bond acceptors (Lipinski definition) is 4. The summed E-state index contributed by atoms with van der Waals surface area (Å²) < 4.78 is 5.85. The van der Waals surface area contributed by atoms with Crippen LogP contribution in [-0.4, -0.2) is 30.6 Å². The standard InChI is InChI=1S/C16H17BrN2O3S/c1-3-22-16(21)18-12-6-4-11(5-7-12)15(20)19(2)10-13-8-9-14(17)23-13/h4-9H,3,10H2,1-2H3,(H,18,21). The number of benzene rings is 1. The summed E-state index contributed by atoms with van der Waals surface area (Å²) in [7, 11) is 1.76. The highest BCUT2D eigenvalue weighted by Gasteiger charge is 2.13. The second kappa shape index (κ2) is 8.12. The average Bonchev–Trinajstić information content (AvgIpc) is 2.92. The number of halogens is 1. The fourth-order valence-corrected chi connectivity index (χ4v) is 3.48. The van der Waals surface area contributed by atoms with Gasteiger partial charge in [-0.05, 0) is 59.3 Å². The number of carbonyl (C=O) groups excluding carboxylic acids is 2. The van der Waals surface area contributed by atoms with Gasteiger partial charge >= 0.3 is 6.09 Å². The van der Waals surface area contributed by atoms with E-state index in [-0.39, 0.29) is 5.91 Å². The number of anilines is 1. The van der Waals surface area contributed by atoms with Gasteiger partial charge < -0.3 is 9.64 Å². The quantitative estimate of drug-likeness (QED) is 0.816. The number of hydrogen-bond donors (Lipinski definition) is 1. The summed E-state index contributed by atoms with van der Waals surface area (Å²) >= 11 is 5.02. The van der Waals surface area contributed by atoms with Gasteiger partial charge in [-0.25, -0.2) is 4.79 Å². The fraction of sp³-hybridized carbons (Fsp3) is 0.250. The molecule has 0 radical (unpaired) electrons. The molecule has 0 aliphatic heterocycles. The zero-order valence-electron chi connectivity index (χ0n) is 12.8. The van der Waals surface area contributed by atoms with Gasteiger partial charge in [0.15, 0.2) is 0 Å². The molecule has 0 bridgehead atoms. The molecule has 0 saturated carbocycles. The first-order chi connectivity index (χ1) is 11.0. The minimum Gasteiger partial charge on any atom is -0.450 e. The van der Waals surface area contributed by atoms with Crippen molar-refractivity contribution < 1.29 is 14.3 Å². The van der Waals surface area contributed by atoms with Gasteiger partial charge in [0.1, 0.15) is 0 Å². The van der Waals surface area contributed by atoms with Crippen LogP contribution in [-0.2, 0) is 11.3 Å². The SMILES string of the molecule is CCOC(=O)Nc1ccc(C(=O)N(C)Cc2ccc(Br)s2)cc1. The fourth-order valence-electron chi connectivity index (χ4n) is 1.94. The second-order valence-electron chi connectivity index (χ2n) is 4.79. The molecule has 0 aliphatic rings. The Morgan fingerprint density at radius 1 is 1.22 bits per heavy atom. The topological polar surface area (TPSA) is 58.6 Å². The van der Waals surface area contributed by atoms with Crippen molar-refractivity contribution in [2.24, 2.45) is 0 Å². The molecule has 2 aromatic rings. The maximum Gasteiger partial charge on any atom is 0.411 e. The lowest BCUT2D eigenvalue weighted by atomic mass is 10.2. The van der Waals surface area contributed by atoms with E-state index in [1.54, 1.807) is 54.5 Å². The van der Waals surface area contributed by atoms with Crippen molar-refractivity contribution in [1.82, 2.24) is 4.90 Å². The number of rotatable bonds is 5. The van der Waals surface area contributed by atoms with Gasteiger partial charge in [0.2, 0.25) is 0 Å². The van der Waals surface area contributed by atoms with Crippen molar-refractivity contribution in [2.45, 2.75) is 13.5 Å². The maximum atomic E-state index is 12.4. The maximum absolute atomic E-state index is 12.4. The summed E-state index contributed by atoms with van der Waals surface area (Å²) in [5.41, 5.74) is 1.15. The van der Waals surface area contributed by atoms with Gasteiger partial charge in [-0.3, -0.25) is 10.1 Å². The van der Waals surface area contributed by atoms with Gasteiger partial charge in [0, 0.05) is 23.2 Å². The van der Waals surface area contributed by atoms with E-state index in [1.165, 1.54) is 0 Å².